The smallest absolute Gasteiger partial charge is 0.397 e. The predicted octanol–water partition coefficient (Wildman–Crippen LogP) is -1.89. The largest absolute Gasteiger partial charge is 0.481 e. The summed E-state index contributed by atoms with van der Waals surface area (Å²) in [5.41, 5.74) is 0. The number of aliphatic hydroxyl groups excluding tert-OH is 9. The lowest BCUT2D eigenvalue weighted by atomic mass is 9.92. The van der Waals surface area contributed by atoms with Crippen LogP contribution in [0.2, 0.25) is 0 Å². The van der Waals surface area contributed by atoms with E-state index in [1.807, 2.05) is 0 Å². The highest BCUT2D eigenvalue weighted by molar-refractivity contribution is 7.81. The van der Waals surface area contributed by atoms with Crippen LogP contribution in [0.3, 0.4) is 0 Å². The molecule has 3 heterocycles. The van der Waals surface area contributed by atoms with Gasteiger partial charge in [0.05, 0.1) is 51.2 Å². The van der Waals surface area contributed by atoms with Gasteiger partial charge in [0, 0.05) is 90.1 Å². The Morgan fingerprint density at radius 2 is 0.845 bits per heavy atom. The lowest BCUT2D eigenvalue weighted by molar-refractivity contribution is -0.346. The molecule has 19 unspecified atom stereocenters. The van der Waals surface area contributed by atoms with Crippen LogP contribution in [0.15, 0.2) is 0 Å². The highest BCUT2D eigenvalue weighted by atomic mass is 32.3. The first-order valence-corrected chi connectivity index (χ1v) is 38.1. The first-order chi connectivity index (χ1) is 48.8. The van der Waals surface area contributed by atoms with Gasteiger partial charge in [-0.05, 0) is 57.8 Å². The van der Waals surface area contributed by atoms with Crippen molar-refractivity contribution in [1.29, 1.82) is 0 Å². The van der Waals surface area contributed by atoms with Gasteiger partial charge in [-0.2, -0.15) is 16.8 Å². The van der Waals surface area contributed by atoms with Crippen LogP contribution >= 0.6 is 0 Å². The van der Waals surface area contributed by atoms with E-state index in [0.717, 1.165) is 70.6 Å². The van der Waals surface area contributed by atoms with E-state index >= 15 is 0 Å². The Morgan fingerprint density at radius 1 is 0.437 bits per heavy atom. The first-order valence-electron chi connectivity index (χ1n) is 35.3. The molecule has 40 heteroatoms. The molecule has 0 radical (unpaired) electrons. The zero-order chi connectivity index (χ0) is 76.5. The van der Waals surface area contributed by atoms with Gasteiger partial charge < -0.3 is 120 Å². The summed E-state index contributed by atoms with van der Waals surface area (Å²) in [7, 11) is -9.91. The van der Waals surface area contributed by atoms with Gasteiger partial charge in [-0.25, -0.2) is 13.2 Å². The number of nitrogens with one attached hydrogen (secondary N) is 4. The van der Waals surface area contributed by atoms with E-state index in [1.54, 1.807) is 0 Å². The highest BCUT2D eigenvalue weighted by Gasteiger charge is 2.53. The fraction of sp³-hybridized carbons (Fsp3) is 0.905. The molecule has 3 aliphatic heterocycles. The third-order valence-corrected chi connectivity index (χ3v) is 18.1. The summed E-state index contributed by atoms with van der Waals surface area (Å²) in [5.74, 6) is -5.52. The van der Waals surface area contributed by atoms with Crippen LogP contribution in [-0.2, 0) is 101 Å². The third kappa shape index (κ3) is 39.0. The van der Waals surface area contributed by atoms with Crippen molar-refractivity contribution in [3.05, 3.63) is 0 Å². The summed E-state index contributed by atoms with van der Waals surface area (Å²) in [6, 6.07) is 0. The fourth-order valence-electron chi connectivity index (χ4n) is 11.1. The Labute approximate surface area is 600 Å². The predicted molar refractivity (Wildman–Crippen MR) is 355 cm³/mol. The number of hydrogen-bond donors (Lipinski definition) is 17. The van der Waals surface area contributed by atoms with Gasteiger partial charge in [0.25, 0.3) is 0 Å². The number of carboxylic acid groups (broad SMARTS) is 2. The maximum absolute atomic E-state index is 12.3. The van der Waals surface area contributed by atoms with Crippen molar-refractivity contribution in [2.75, 3.05) is 79.0 Å². The second-order valence-corrected chi connectivity index (χ2v) is 27.9. The number of carboxylic acids is 2. The van der Waals surface area contributed by atoms with E-state index < -0.39 is 169 Å². The molecule has 0 aromatic rings. The van der Waals surface area contributed by atoms with Crippen molar-refractivity contribution in [1.82, 2.24) is 21.3 Å². The number of unbranched alkanes of at least 4 members (excludes halogenated alkanes) is 14. The first kappa shape index (κ1) is 93.0. The third-order valence-electron chi connectivity index (χ3n) is 17.3. The molecule has 0 aromatic heterocycles. The van der Waals surface area contributed by atoms with Crippen LogP contribution in [0.4, 0.5) is 0 Å². The highest BCUT2D eigenvalue weighted by Crippen LogP contribution is 2.34. The molecular weight excluding hydrogens is 1420 g/mol. The zero-order valence-electron chi connectivity index (χ0n) is 58.6. The lowest BCUT2D eigenvalue weighted by Gasteiger charge is -2.45. The van der Waals surface area contributed by atoms with Gasteiger partial charge in [0.1, 0.15) is 54.9 Å². The molecule has 3 saturated heterocycles. The van der Waals surface area contributed by atoms with Crippen molar-refractivity contribution < 1.29 is 162 Å². The van der Waals surface area contributed by atoms with Gasteiger partial charge in [-0.3, -0.25) is 33.1 Å². The van der Waals surface area contributed by atoms with Crippen molar-refractivity contribution in [3.63, 3.8) is 0 Å². The SMILES string of the molecule is CC1C(OC(CC(=O)O)C(O)C(O)C(O)OCCCCCCNC(=O)CCCCCCCNC(=O)CCOCCCOCCC(=O)NCCCCCCCC(=O)NCCCCCCOC2OC(C(=O)O)C(OC3OC(COS(=O)(=O)O)C(O)C(O)C3C)C(O)C2O)OC(COS(=O)(=O)O)C(O)C1O. The van der Waals surface area contributed by atoms with Crippen molar-refractivity contribution >= 4 is 56.4 Å². The molecule has 4 amide bonds. The Hall–Kier alpha value is -4.16. The van der Waals surface area contributed by atoms with E-state index in [4.69, 9.17) is 51.7 Å². The maximum atomic E-state index is 12.3. The second kappa shape index (κ2) is 51.2. The molecule has 0 bridgehead atoms. The van der Waals surface area contributed by atoms with Crippen LogP contribution in [0.25, 0.3) is 0 Å². The molecule has 602 valence electrons. The van der Waals surface area contributed by atoms with E-state index in [1.165, 1.54) is 13.8 Å². The fourth-order valence-corrected chi connectivity index (χ4v) is 11.7. The number of amides is 4. The average molecular weight is 1540 g/mol. The van der Waals surface area contributed by atoms with Gasteiger partial charge in [-0.1, -0.05) is 78.1 Å². The van der Waals surface area contributed by atoms with E-state index in [-0.39, 0.29) is 62.9 Å². The number of aliphatic carboxylic acids is 2. The van der Waals surface area contributed by atoms with E-state index in [2.05, 4.69) is 29.6 Å². The molecule has 17 N–H and O–H groups in total. The summed E-state index contributed by atoms with van der Waals surface area (Å²) in [4.78, 5) is 72.8. The van der Waals surface area contributed by atoms with Crippen LogP contribution in [0.5, 0.6) is 0 Å². The minimum atomic E-state index is -4.96. The van der Waals surface area contributed by atoms with E-state index in [9.17, 15) is 102 Å². The summed E-state index contributed by atoms with van der Waals surface area (Å²) in [6.07, 6.45) is -15.2. The van der Waals surface area contributed by atoms with Crippen LogP contribution in [0.1, 0.15) is 168 Å². The number of aliphatic hydroxyl groups is 9. The second-order valence-electron chi connectivity index (χ2n) is 25.8. The van der Waals surface area contributed by atoms with Crippen molar-refractivity contribution in [2.24, 2.45) is 11.8 Å². The molecular formula is C63H114N4O34S2. The Kier molecular flexibility index (Phi) is 46.3. The Bertz CT molecular complexity index is 2640. The number of carbonyl (C=O) groups is 6. The molecule has 0 spiro atoms. The number of rotatable bonds is 58. The molecule has 103 heavy (non-hydrogen) atoms. The van der Waals surface area contributed by atoms with Crippen LogP contribution in [-0.4, -0.2) is 301 Å². The monoisotopic (exact) mass is 1530 g/mol. The number of carbonyl (C=O) groups excluding carboxylic acids is 4. The van der Waals surface area contributed by atoms with Crippen LogP contribution in [0, 0.1) is 11.8 Å². The molecule has 3 fully saturated rings. The summed E-state index contributed by atoms with van der Waals surface area (Å²) >= 11 is 0. The Morgan fingerprint density at radius 3 is 1.29 bits per heavy atom. The lowest BCUT2D eigenvalue weighted by Crippen LogP contribution is -2.64. The van der Waals surface area contributed by atoms with Gasteiger partial charge >= 0.3 is 32.7 Å². The topological polar surface area (TPSA) is 583 Å². The van der Waals surface area contributed by atoms with Gasteiger partial charge in [0.15, 0.2) is 31.3 Å². The minimum Gasteiger partial charge on any atom is -0.481 e. The average Bonchev–Trinajstić information content (AvgIpc) is 0.792. The van der Waals surface area contributed by atoms with E-state index in [0.29, 0.717) is 104 Å². The molecule has 3 aliphatic rings. The van der Waals surface area contributed by atoms with Crippen molar-refractivity contribution in [2.45, 2.75) is 272 Å². The minimum absolute atomic E-state index is 0.0340. The van der Waals surface area contributed by atoms with Crippen LogP contribution < -0.4 is 21.3 Å². The number of hydrogen-bond acceptors (Lipinski definition) is 30. The Balaban J connectivity index is 1.05. The zero-order valence-corrected chi connectivity index (χ0v) is 60.3. The number of ether oxygens (including phenoxy) is 9. The maximum Gasteiger partial charge on any atom is 0.397 e. The molecule has 0 aliphatic carbocycles. The van der Waals surface area contributed by atoms with Gasteiger partial charge in [-0.15, -0.1) is 0 Å². The van der Waals surface area contributed by atoms with Crippen molar-refractivity contribution in [3.8, 4) is 0 Å². The summed E-state index contributed by atoms with van der Waals surface area (Å²) < 4.78 is 120. The molecule has 38 nitrogen and oxygen atoms in total. The quantitative estimate of drug-likeness (QED) is 0.0180. The molecule has 19 atom stereocenters. The summed E-state index contributed by atoms with van der Waals surface area (Å²) in [6.45, 7) is 4.19. The summed E-state index contributed by atoms with van der Waals surface area (Å²) in [5, 5.41) is 126. The standard InChI is InChI=1S/C63H114N4O34S2/c1-39-49(74)52(77)42(37-95-102(85,86)87)98-61(39)97-41(36-48(72)73)51(76)55(80)60(84)93-32-19-11-9-17-26-64-44(68)22-13-5-3-7-15-28-66-46(70)24-34-91-30-21-31-92-35-25-47(71)67-29-16-8-4-6-14-23-45(69)65-27-18-10-12-20-33-94-63-56(81)54(79)57(58(101-63)59(82)83)100-62-40(2)50(75)53(78)43(99-62)38-96-103(88,89)90/h39-43,49-58,60-63,74-81,84H,3-38H2,1-2H3,(H,64,68)(H,65,69)(H,66,70)(H,67,71)(H,72,73)(H,82,83)(H,85,86,87)(H,88,89,90). The molecule has 0 aromatic carbocycles. The molecule has 3 rings (SSSR count). The van der Waals surface area contributed by atoms with Gasteiger partial charge in [0.2, 0.25) is 23.6 Å². The normalized spacial score (nSPS) is 26.6. The molecule has 0 saturated carbocycles.